The molecule has 0 unspecified atom stereocenters. The van der Waals surface area contributed by atoms with E-state index in [1.165, 1.54) is 19.4 Å². The third kappa shape index (κ3) is 3.81. The molecule has 0 bridgehead atoms. The maximum Gasteiger partial charge on any atom is 0.337 e. The van der Waals surface area contributed by atoms with Crippen molar-refractivity contribution in [1.29, 1.82) is 0 Å². The minimum absolute atomic E-state index is 0.0173. The zero-order chi connectivity index (χ0) is 17.9. The summed E-state index contributed by atoms with van der Waals surface area (Å²) >= 11 is 17.6. The number of hydrogen-bond acceptors (Lipinski definition) is 5. The molecule has 0 saturated heterocycles. The maximum atomic E-state index is 12.1. The zero-order valence-electron chi connectivity index (χ0n) is 12.2. The summed E-state index contributed by atoms with van der Waals surface area (Å²) in [6.07, 6.45) is 1.33. The van der Waals surface area contributed by atoms with Crippen LogP contribution in [0.15, 0.2) is 23.3 Å². The summed E-state index contributed by atoms with van der Waals surface area (Å²) in [5.74, 6) is -0.399. The number of nitrogens with one attached hydrogen (secondary N) is 2. The Morgan fingerprint density at radius 2 is 2.08 bits per heavy atom. The van der Waals surface area contributed by atoms with Gasteiger partial charge in [0.1, 0.15) is 10.0 Å². The highest BCUT2D eigenvalue weighted by molar-refractivity contribution is 6.45. The van der Waals surface area contributed by atoms with E-state index in [4.69, 9.17) is 45.3 Å². The van der Waals surface area contributed by atoms with Crippen molar-refractivity contribution >= 4 is 52.6 Å². The molecule has 0 atom stereocenters. The van der Waals surface area contributed by atoms with Crippen LogP contribution in [0.5, 0.6) is 11.5 Å². The fraction of sp³-hybridized carbons (Fsp3) is 0.0714. The van der Waals surface area contributed by atoms with Crippen molar-refractivity contribution in [1.82, 2.24) is 5.43 Å². The van der Waals surface area contributed by atoms with Crippen LogP contribution in [0.1, 0.15) is 16.1 Å². The Labute approximate surface area is 152 Å². The molecular weight excluding hydrogens is 379 g/mol. The Hall–Kier alpha value is -2.22. The van der Waals surface area contributed by atoms with Crippen LogP contribution in [-0.4, -0.2) is 24.3 Å². The molecule has 126 valence electrons. The van der Waals surface area contributed by atoms with Crippen LogP contribution in [0, 0.1) is 0 Å². The lowest BCUT2D eigenvalue weighted by Crippen LogP contribution is -2.28. The predicted octanol–water partition coefficient (Wildman–Crippen LogP) is 2.52. The number of methoxy groups -OCH3 is 1. The lowest BCUT2D eigenvalue weighted by Gasteiger charge is -2.04. The second-order valence-electron chi connectivity index (χ2n) is 4.49. The number of amides is 1. The number of nitrogens with zero attached hydrogens (tertiary/aromatic N) is 1. The molecule has 1 aromatic heterocycles. The second kappa shape index (κ2) is 7.57. The van der Waals surface area contributed by atoms with E-state index < -0.39 is 5.91 Å². The fourth-order valence-corrected chi connectivity index (χ4v) is 2.35. The van der Waals surface area contributed by atoms with Gasteiger partial charge in [-0.15, -0.1) is 0 Å². The molecule has 10 heteroatoms. The van der Waals surface area contributed by atoms with Crippen molar-refractivity contribution in [3.63, 3.8) is 0 Å². The highest BCUT2D eigenvalue weighted by Gasteiger charge is 2.25. The number of phenols is 1. The Kier molecular flexibility index (Phi) is 5.71. The molecule has 0 radical (unpaired) electrons. The van der Waals surface area contributed by atoms with E-state index in [1.54, 1.807) is 12.1 Å². The average molecular weight is 391 g/mol. The Bertz CT molecular complexity index is 827. The van der Waals surface area contributed by atoms with Crippen molar-refractivity contribution in [3.05, 3.63) is 44.7 Å². The van der Waals surface area contributed by atoms with Crippen LogP contribution in [0.4, 0.5) is 5.69 Å². The lowest BCUT2D eigenvalue weighted by molar-refractivity contribution is -0.379. The topological polar surface area (TPSA) is 111 Å². The van der Waals surface area contributed by atoms with Gasteiger partial charge in [-0.3, -0.25) is 4.79 Å². The van der Waals surface area contributed by atoms with Crippen LogP contribution >= 0.6 is 34.8 Å². The Balaban J connectivity index is 2.15. The number of phenolic OH excluding ortho intramolecular Hbond substituents is 1. The molecule has 1 heterocycles. The molecule has 0 saturated carbocycles. The number of benzene rings is 1. The first-order valence-corrected chi connectivity index (χ1v) is 7.54. The van der Waals surface area contributed by atoms with E-state index in [1.807, 2.05) is 0 Å². The van der Waals surface area contributed by atoms with E-state index in [9.17, 15) is 9.90 Å². The maximum absolute atomic E-state index is 12.1. The number of hydrazone groups is 1. The fourth-order valence-electron chi connectivity index (χ4n) is 1.73. The highest BCUT2D eigenvalue weighted by Crippen LogP contribution is 2.32. The van der Waals surface area contributed by atoms with Crippen molar-refractivity contribution < 1.29 is 19.6 Å². The van der Waals surface area contributed by atoms with E-state index in [0.29, 0.717) is 11.3 Å². The summed E-state index contributed by atoms with van der Waals surface area (Å²) in [5.41, 5.74) is 8.35. The number of hydrogen-bond donors (Lipinski definition) is 3. The van der Waals surface area contributed by atoms with Crippen molar-refractivity contribution in [2.45, 2.75) is 0 Å². The summed E-state index contributed by atoms with van der Waals surface area (Å²) < 4.78 is 4.93. The number of pyridine rings is 1. The van der Waals surface area contributed by atoms with Gasteiger partial charge in [0.2, 0.25) is 0 Å². The van der Waals surface area contributed by atoms with Crippen molar-refractivity contribution in [2.75, 3.05) is 12.8 Å². The normalized spacial score (nSPS) is 10.8. The molecule has 0 fully saturated rings. The molecule has 0 spiro atoms. The molecule has 1 amide bonds. The van der Waals surface area contributed by atoms with Crippen LogP contribution in [-0.2, 0) is 0 Å². The summed E-state index contributed by atoms with van der Waals surface area (Å²) in [5, 5.41) is 13.4. The largest absolute Gasteiger partial charge is 0.504 e. The molecule has 7 nitrogen and oxygen atoms in total. The number of anilines is 1. The molecule has 1 aromatic carbocycles. The van der Waals surface area contributed by atoms with Gasteiger partial charge in [0, 0.05) is 0 Å². The first-order chi connectivity index (χ1) is 11.3. The monoisotopic (exact) mass is 389 g/mol. The number of carbonyl (C=O) groups is 1. The number of ether oxygens (including phenoxy) is 1. The summed E-state index contributed by atoms with van der Waals surface area (Å²) in [4.78, 5) is 14.6. The number of nitrogen functional groups attached to an aromatic ring is 1. The number of aromatic hydroxyl groups is 1. The number of carbonyl (C=O) groups excluding carboxylic acids is 1. The van der Waals surface area contributed by atoms with Gasteiger partial charge in [0.05, 0.1) is 19.0 Å². The first-order valence-electron chi connectivity index (χ1n) is 6.40. The summed E-state index contributed by atoms with van der Waals surface area (Å²) in [6, 6.07) is 4.62. The van der Waals surface area contributed by atoms with Gasteiger partial charge >= 0.3 is 5.91 Å². The van der Waals surface area contributed by atoms with Gasteiger partial charge in [-0.25, -0.2) is 5.43 Å². The van der Waals surface area contributed by atoms with Crippen LogP contribution in [0.2, 0.25) is 15.2 Å². The third-order valence-electron chi connectivity index (χ3n) is 2.93. The molecule has 0 aliphatic rings. The van der Waals surface area contributed by atoms with Gasteiger partial charge in [-0.1, -0.05) is 23.2 Å². The minimum Gasteiger partial charge on any atom is -0.504 e. The number of halogens is 3. The van der Waals surface area contributed by atoms with Gasteiger partial charge in [-0.05, 0) is 35.4 Å². The number of aromatic amines is 1. The van der Waals surface area contributed by atoms with Crippen molar-refractivity contribution in [3.8, 4) is 11.5 Å². The lowest BCUT2D eigenvalue weighted by atomic mass is 10.2. The van der Waals surface area contributed by atoms with Crippen LogP contribution in [0.3, 0.4) is 0 Å². The molecule has 5 N–H and O–H groups in total. The molecule has 2 rings (SSSR count). The van der Waals surface area contributed by atoms with Gasteiger partial charge < -0.3 is 15.6 Å². The average Bonchev–Trinajstić information content (AvgIpc) is 2.56. The highest BCUT2D eigenvalue weighted by atomic mass is 35.5. The van der Waals surface area contributed by atoms with Gasteiger partial charge in [0.15, 0.2) is 11.5 Å². The molecule has 24 heavy (non-hydrogen) atoms. The molecular formula is C14H12Cl3N4O3+. The standard InChI is InChI=1S/C14H11Cl3N4O3/c1-24-8-3-2-6(4-7(8)22)5-19-21-14(23)12-9(15)11(18)10(16)13(17)20-12/h2-5,22H,1H3,(H2,18,20)(H,21,23)/p+1/b19-5-. The van der Waals surface area contributed by atoms with Crippen molar-refractivity contribution in [2.24, 2.45) is 5.10 Å². The van der Waals surface area contributed by atoms with E-state index in [2.05, 4.69) is 15.5 Å². The smallest absolute Gasteiger partial charge is 0.337 e. The summed E-state index contributed by atoms with van der Waals surface area (Å²) in [6.45, 7) is 0. The molecule has 2 aromatic rings. The van der Waals surface area contributed by atoms with Crippen LogP contribution in [0.25, 0.3) is 0 Å². The van der Waals surface area contributed by atoms with Crippen LogP contribution < -0.4 is 20.9 Å². The number of aromatic nitrogens is 1. The van der Waals surface area contributed by atoms with E-state index >= 15 is 0 Å². The minimum atomic E-state index is -0.667. The second-order valence-corrected chi connectivity index (χ2v) is 5.62. The predicted molar refractivity (Wildman–Crippen MR) is 92.2 cm³/mol. The Morgan fingerprint density at radius 1 is 1.38 bits per heavy atom. The first kappa shape index (κ1) is 18.1. The van der Waals surface area contributed by atoms with E-state index in [-0.39, 0.29) is 32.3 Å². The van der Waals surface area contributed by atoms with Gasteiger partial charge in [-0.2, -0.15) is 10.1 Å². The van der Waals surface area contributed by atoms with E-state index in [0.717, 1.165) is 0 Å². The number of nitrogens with two attached hydrogens (primary N) is 1. The number of H-pyrrole nitrogens is 1. The Morgan fingerprint density at radius 3 is 2.71 bits per heavy atom. The summed E-state index contributed by atoms with van der Waals surface area (Å²) in [7, 11) is 1.44. The number of rotatable bonds is 4. The SMILES string of the molecule is COc1ccc(/C=N\NC(=O)c2[nH+]c(Cl)c(Cl)c(N)c2Cl)cc1O. The third-order valence-corrected chi connectivity index (χ3v) is 4.09. The quantitative estimate of drug-likeness (QED) is 0.423. The molecule has 0 aliphatic heterocycles. The molecule has 0 aliphatic carbocycles. The van der Waals surface area contributed by atoms with Gasteiger partial charge in [0.25, 0.3) is 10.8 Å². The zero-order valence-corrected chi connectivity index (χ0v) is 14.5.